The van der Waals surface area contributed by atoms with Crippen LogP contribution in [0.15, 0.2) is 61.2 Å². The van der Waals surface area contributed by atoms with Crippen LogP contribution in [0.2, 0.25) is 0 Å². The van der Waals surface area contributed by atoms with Gasteiger partial charge in [-0.1, -0.05) is 6.07 Å². The van der Waals surface area contributed by atoms with Crippen molar-refractivity contribution in [2.45, 2.75) is 46.3 Å². The molecule has 0 bridgehead atoms. The molecule has 32 heavy (non-hydrogen) atoms. The molecule has 0 saturated carbocycles. The molecule has 0 saturated heterocycles. The Morgan fingerprint density at radius 2 is 1.94 bits per heavy atom. The predicted molar refractivity (Wildman–Crippen MR) is 126 cm³/mol. The van der Waals surface area contributed by atoms with Gasteiger partial charge in [0.15, 0.2) is 0 Å². The summed E-state index contributed by atoms with van der Waals surface area (Å²) >= 11 is 0. The number of rotatable bonds is 5. The van der Waals surface area contributed by atoms with Gasteiger partial charge in [-0.25, -0.2) is 14.8 Å². The highest BCUT2D eigenvalue weighted by Gasteiger charge is 2.18. The number of carbonyl (C=O) groups is 1. The van der Waals surface area contributed by atoms with Crippen LogP contribution in [0.5, 0.6) is 0 Å². The van der Waals surface area contributed by atoms with Crippen LogP contribution in [0.25, 0.3) is 22.2 Å². The molecule has 4 aromatic rings. The number of nitrogens with one attached hydrogen (secondary N) is 1. The third-order valence-corrected chi connectivity index (χ3v) is 4.88. The number of aromatic nitrogens is 4. The molecule has 0 aliphatic heterocycles. The molecule has 164 valence electrons. The minimum absolute atomic E-state index is 0.297. The average molecular weight is 430 g/mol. The van der Waals surface area contributed by atoms with Crippen molar-refractivity contribution in [2.75, 3.05) is 5.32 Å². The molecule has 1 N–H and O–H groups in total. The summed E-state index contributed by atoms with van der Waals surface area (Å²) in [5.74, 6) is 0.0780. The van der Waals surface area contributed by atoms with Gasteiger partial charge in [0.2, 0.25) is 5.95 Å². The molecule has 0 amide bonds. The Labute approximate surface area is 187 Å². The number of carbonyl (C=O) groups excluding carboxylic acids is 1. The second kappa shape index (κ2) is 8.42. The molecule has 0 atom stereocenters. The quantitative estimate of drug-likeness (QED) is 0.405. The standard InChI is InChI=1S/C25H27N5O2/c1-16(2)30-15-20(19-9-11-26-14-22(19)30)21-10-12-27-24(29-21)28-18-8-6-7-17(13-18)23(31)32-25(3,4)5/h6-16H,1-5H3,(H,27,28,29). The molecule has 7 nitrogen and oxygen atoms in total. The van der Waals surface area contributed by atoms with Crippen LogP contribution in [-0.2, 0) is 4.74 Å². The topological polar surface area (TPSA) is 81.9 Å². The van der Waals surface area contributed by atoms with E-state index in [1.807, 2.05) is 45.2 Å². The van der Waals surface area contributed by atoms with Crippen LogP contribution in [0.3, 0.4) is 0 Å². The maximum atomic E-state index is 12.4. The molecule has 0 spiro atoms. The zero-order valence-corrected chi connectivity index (χ0v) is 19.0. The van der Waals surface area contributed by atoms with Crippen LogP contribution < -0.4 is 5.32 Å². The maximum Gasteiger partial charge on any atom is 0.338 e. The molecule has 0 unspecified atom stereocenters. The van der Waals surface area contributed by atoms with Crippen molar-refractivity contribution < 1.29 is 9.53 Å². The van der Waals surface area contributed by atoms with Crippen LogP contribution in [0, 0.1) is 0 Å². The lowest BCUT2D eigenvalue weighted by atomic mass is 10.1. The number of esters is 1. The second-order valence-electron chi connectivity index (χ2n) is 8.91. The largest absolute Gasteiger partial charge is 0.456 e. The highest BCUT2D eigenvalue weighted by Crippen LogP contribution is 2.31. The number of fused-ring (bicyclic) bond motifs is 1. The Bertz CT molecular complexity index is 1270. The van der Waals surface area contributed by atoms with Crippen LogP contribution in [-0.4, -0.2) is 31.1 Å². The predicted octanol–water partition coefficient (Wildman–Crippen LogP) is 5.77. The fraction of sp³-hybridized carbons (Fsp3) is 0.280. The van der Waals surface area contributed by atoms with E-state index in [4.69, 9.17) is 9.72 Å². The molecule has 3 heterocycles. The van der Waals surface area contributed by atoms with Crippen molar-refractivity contribution in [3.63, 3.8) is 0 Å². The van der Waals surface area contributed by atoms with E-state index in [9.17, 15) is 4.79 Å². The smallest absolute Gasteiger partial charge is 0.338 e. The van der Waals surface area contributed by atoms with Crippen LogP contribution in [0.1, 0.15) is 51.0 Å². The SMILES string of the molecule is CC(C)n1cc(-c2ccnc(Nc3cccc(C(=O)OC(C)(C)C)c3)n2)c2ccncc21. The number of pyridine rings is 1. The van der Waals surface area contributed by atoms with E-state index in [0.717, 1.165) is 22.2 Å². The molecule has 7 heteroatoms. The van der Waals surface area contributed by atoms with Gasteiger partial charge in [0.25, 0.3) is 0 Å². The fourth-order valence-corrected chi connectivity index (χ4v) is 3.49. The van der Waals surface area contributed by atoms with Crippen molar-refractivity contribution in [1.29, 1.82) is 0 Å². The molecule has 4 rings (SSSR count). The molecule has 0 aliphatic rings. The van der Waals surface area contributed by atoms with Gasteiger partial charge in [0, 0.05) is 41.3 Å². The number of hydrogen-bond donors (Lipinski definition) is 1. The highest BCUT2D eigenvalue weighted by atomic mass is 16.6. The van der Waals surface area contributed by atoms with E-state index >= 15 is 0 Å². The normalized spacial score (nSPS) is 11.7. The first-order valence-electron chi connectivity index (χ1n) is 10.6. The third-order valence-electron chi connectivity index (χ3n) is 4.88. The fourth-order valence-electron chi connectivity index (χ4n) is 3.49. The van der Waals surface area contributed by atoms with Gasteiger partial charge < -0.3 is 14.6 Å². The summed E-state index contributed by atoms with van der Waals surface area (Å²) in [7, 11) is 0. The van der Waals surface area contributed by atoms with E-state index in [1.54, 1.807) is 30.6 Å². The van der Waals surface area contributed by atoms with Gasteiger partial charge in [-0.15, -0.1) is 0 Å². The molecule has 1 aromatic carbocycles. The van der Waals surface area contributed by atoms with E-state index in [2.05, 4.69) is 39.9 Å². The van der Waals surface area contributed by atoms with Crippen molar-refractivity contribution >= 4 is 28.5 Å². The minimum Gasteiger partial charge on any atom is -0.456 e. The lowest BCUT2D eigenvalue weighted by Gasteiger charge is -2.19. The van der Waals surface area contributed by atoms with Crippen molar-refractivity contribution in [3.8, 4) is 11.3 Å². The molecule has 0 radical (unpaired) electrons. The summed E-state index contributed by atoms with van der Waals surface area (Å²) in [5.41, 5.74) is 3.51. The van der Waals surface area contributed by atoms with Crippen molar-refractivity contribution in [1.82, 2.24) is 19.5 Å². The van der Waals surface area contributed by atoms with Gasteiger partial charge in [0.1, 0.15) is 5.60 Å². The Kier molecular flexibility index (Phi) is 5.65. The summed E-state index contributed by atoms with van der Waals surface area (Å²) in [6.45, 7) is 9.82. The Hall–Kier alpha value is -3.74. The molecule has 3 aromatic heterocycles. The minimum atomic E-state index is -0.553. The summed E-state index contributed by atoms with van der Waals surface area (Å²) in [6.07, 6.45) is 7.49. The Morgan fingerprint density at radius 1 is 1.12 bits per heavy atom. The van der Waals surface area contributed by atoms with E-state index < -0.39 is 5.60 Å². The number of nitrogens with zero attached hydrogens (tertiary/aromatic N) is 4. The van der Waals surface area contributed by atoms with E-state index in [1.165, 1.54) is 0 Å². The van der Waals surface area contributed by atoms with Gasteiger partial charge in [0.05, 0.1) is 23.0 Å². The molecule has 0 aliphatic carbocycles. The Balaban J connectivity index is 1.64. The molecule has 0 fully saturated rings. The first-order valence-corrected chi connectivity index (χ1v) is 10.6. The lowest BCUT2D eigenvalue weighted by Crippen LogP contribution is -2.23. The summed E-state index contributed by atoms with van der Waals surface area (Å²) in [6, 6.07) is 11.3. The van der Waals surface area contributed by atoms with E-state index in [-0.39, 0.29) is 5.97 Å². The molecular weight excluding hydrogens is 402 g/mol. The first-order chi connectivity index (χ1) is 15.2. The monoisotopic (exact) mass is 429 g/mol. The van der Waals surface area contributed by atoms with Crippen molar-refractivity contribution in [3.05, 3.63) is 66.7 Å². The van der Waals surface area contributed by atoms with Crippen LogP contribution in [0.4, 0.5) is 11.6 Å². The number of ether oxygens (including phenoxy) is 1. The lowest BCUT2D eigenvalue weighted by molar-refractivity contribution is 0.00695. The number of hydrogen-bond acceptors (Lipinski definition) is 6. The van der Waals surface area contributed by atoms with Crippen molar-refractivity contribution in [2.24, 2.45) is 0 Å². The molecular formula is C25H27N5O2. The number of anilines is 2. The Morgan fingerprint density at radius 3 is 2.69 bits per heavy atom. The van der Waals surface area contributed by atoms with Gasteiger partial charge >= 0.3 is 5.97 Å². The maximum absolute atomic E-state index is 12.4. The summed E-state index contributed by atoms with van der Waals surface area (Å²) in [5, 5.41) is 4.29. The zero-order valence-electron chi connectivity index (χ0n) is 19.0. The highest BCUT2D eigenvalue weighted by molar-refractivity contribution is 5.95. The van der Waals surface area contributed by atoms with Crippen LogP contribution >= 0.6 is 0 Å². The van der Waals surface area contributed by atoms with Gasteiger partial charge in [-0.05, 0) is 65.0 Å². The summed E-state index contributed by atoms with van der Waals surface area (Å²) in [4.78, 5) is 25.8. The zero-order chi connectivity index (χ0) is 22.9. The summed E-state index contributed by atoms with van der Waals surface area (Å²) < 4.78 is 7.65. The average Bonchev–Trinajstić information content (AvgIpc) is 3.13. The van der Waals surface area contributed by atoms with Gasteiger partial charge in [-0.2, -0.15) is 0 Å². The second-order valence-corrected chi connectivity index (χ2v) is 8.91. The number of benzene rings is 1. The van der Waals surface area contributed by atoms with E-state index in [0.29, 0.717) is 23.2 Å². The van der Waals surface area contributed by atoms with Gasteiger partial charge in [-0.3, -0.25) is 4.98 Å². The third kappa shape index (κ3) is 4.61. The first kappa shape index (κ1) is 21.5.